The van der Waals surface area contributed by atoms with Crippen molar-refractivity contribution < 1.29 is 45.8 Å². The van der Waals surface area contributed by atoms with E-state index in [1.54, 1.807) is 41.5 Å². The number of aliphatic hydroxyl groups is 1. The zero-order chi connectivity index (χ0) is 23.3. The van der Waals surface area contributed by atoms with Crippen LogP contribution in [-0.2, 0) is 24.1 Å². The van der Waals surface area contributed by atoms with E-state index in [0.717, 1.165) is 0 Å². The summed E-state index contributed by atoms with van der Waals surface area (Å²) in [4.78, 5) is 24.2. The van der Waals surface area contributed by atoms with Crippen LogP contribution < -0.4 is 5.32 Å². The lowest BCUT2D eigenvalue weighted by molar-refractivity contribution is -0.203. The van der Waals surface area contributed by atoms with Gasteiger partial charge in [0.15, 0.2) is 15.9 Å². The van der Waals surface area contributed by atoms with Crippen LogP contribution in [0.1, 0.15) is 54.4 Å². The number of alkyl carbamates (subject to hydrolysis) is 1. The number of halogens is 3. The van der Waals surface area contributed by atoms with Gasteiger partial charge in [0.2, 0.25) is 0 Å². The predicted molar refractivity (Wildman–Crippen MR) is 99.0 cm³/mol. The molecular weight excluding hydrogens is 419 g/mol. The Labute approximate surface area is 169 Å². The van der Waals surface area contributed by atoms with E-state index in [1.807, 2.05) is 0 Å². The number of hydrogen-bond donors (Lipinski definition) is 2. The average molecular weight is 449 g/mol. The lowest BCUT2D eigenvalue weighted by atomic mass is 10.1. The number of carbonyl (C=O) groups is 2. The van der Waals surface area contributed by atoms with Crippen molar-refractivity contribution in [2.24, 2.45) is 0 Å². The van der Waals surface area contributed by atoms with Crippen molar-refractivity contribution >= 4 is 21.9 Å². The number of rotatable bonds is 8. The van der Waals surface area contributed by atoms with Crippen LogP contribution in [0.2, 0.25) is 0 Å². The van der Waals surface area contributed by atoms with Gasteiger partial charge in [0.1, 0.15) is 17.2 Å². The molecule has 0 fully saturated rings. The molecule has 29 heavy (non-hydrogen) atoms. The number of esters is 1. The van der Waals surface area contributed by atoms with Gasteiger partial charge in [0.25, 0.3) is 0 Å². The molecule has 0 heterocycles. The van der Waals surface area contributed by atoms with E-state index in [1.165, 1.54) is 0 Å². The fourth-order valence-corrected chi connectivity index (χ4v) is 3.31. The summed E-state index contributed by atoms with van der Waals surface area (Å²) >= 11 is 0. The van der Waals surface area contributed by atoms with Crippen LogP contribution in [-0.4, -0.2) is 66.6 Å². The highest BCUT2D eigenvalue weighted by Crippen LogP contribution is 2.23. The molecule has 1 unspecified atom stereocenters. The highest BCUT2D eigenvalue weighted by atomic mass is 32.2. The number of sulfone groups is 1. The number of ether oxygens (including phenoxy) is 2. The second-order valence-electron chi connectivity index (χ2n) is 8.52. The van der Waals surface area contributed by atoms with E-state index in [-0.39, 0.29) is 0 Å². The van der Waals surface area contributed by atoms with Crippen molar-refractivity contribution in [1.82, 2.24) is 5.32 Å². The minimum atomic E-state index is -4.92. The van der Waals surface area contributed by atoms with Crippen LogP contribution in [0.25, 0.3) is 0 Å². The van der Waals surface area contributed by atoms with E-state index in [2.05, 4.69) is 5.32 Å². The van der Waals surface area contributed by atoms with Gasteiger partial charge in [-0.3, -0.25) is 0 Å². The molecule has 0 aromatic heterocycles. The zero-order valence-electron chi connectivity index (χ0n) is 17.4. The standard InChI is InChI=1S/C17H30F3NO7S/c1-15(2,3)27-13(23)11(21-14(24)28-16(4,5)6)7-9-29(25,26)10-8-12(22)17(18,19)20/h11-12,22H,7-10H2,1-6H3,(H,21,24)/t11-,12?/m0/s1. The third-order valence-corrected chi connectivity index (χ3v) is 4.90. The molecule has 0 spiro atoms. The normalized spacial score (nSPS) is 15.4. The average Bonchev–Trinajstić information content (AvgIpc) is 2.44. The molecule has 12 heteroatoms. The number of hydrogen-bond acceptors (Lipinski definition) is 7. The number of aliphatic hydroxyl groups excluding tert-OH is 1. The third-order valence-electron chi connectivity index (χ3n) is 3.18. The molecule has 8 nitrogen and oxygen atoms in total. The van der Waals surface area contributed by atoms with Crippen molar-refractivity contribution in [2.75, 3.05) is 11.5 Å². The maximum absolute atomic E-state index is 12.3. The van der Waals surface area contributed by atoms with E-state index in [4.69, 9.17) is 14.6 Å². The molecule has 172 valence electrons. The molecule has 0 aliphatic heterocycles. The molecule has 0 rings (SSSR count). The Balaban J connectivity index is 5.10. The summed E-state index contributed by atoms with van der Waals surface area (Å²) in [5.74, 6) is -2.53. The van der Waals surface area contributed by atoms with Gasteiger partial charge >= 0.3 is 18.2 Å². The maximum Gasteiger partial charge on any atom is 0.414 e. The number of nitrogens with one attached hydrogen (secondary N) is 1. The predicted octanol–water partition coefficient (Wildman–Crippen LogP) is 2.34. The Hall–Kier alpha value is -1.56. The zero-order valence-corrected chi connectivity index (χ0v) is 18.2. The first kappa shape index (κ1) is 27.4. The molecule has 1 amide bonds. The summed E-state index contributed by atoms with van der Waals surface area (Å²) in [7, 11) is -4.04. The molecule has 2 atom stereocenters. The highest BCUT2D eigenvalue weighted by molar-refractivity contribution is 7.91. The van der Waals surface area contributed by atoms with Gasteiger partial charge in [0, 0.05) is 0 Å². The molecule has 2 N–H and O–H groups in total. The van der Waals surface area contributed by atoms with E-state index < -0.39 is 75.8 Å². The van der Waals surface area contributed by atoms with Gasteiger partial charge in [-0.25, -0.2) is 18.0 Å². The van der Waals surface area contributed by atoms with Crippen molar-refractivity contribution in [3.05, 3.63) is 0 Å². The third kappa shape index (κ3) is 13.3. The van der Waals surface area contributed by atoms with Crippen LogP contribution in [0.5, 0.6) is 0 Å². The first-order chi connectivity index (χ1) is 12.7. The smallest absolute Gasteiger partial charge is 0.414 e. The van der Waals surface area contributed by atoms with Crippen molar-refractivity contribution in [3.63, 3.8) is 0 Å². The van der Waals surface area contributed by atoms with Crippen LogP contribution in [0.4, 0.5) is 18.0 Å². The summed E-state index contributed by atoms with van der Waals surface area (Å²) in [6, 6.07) is -1.38. The first-order valence-electron chi connectivity index (χ1n) is 8.89. The van der Waals surface area contributed by atoms with Gasteiger partial charge in [-0.1, -0.05) is 0 Å². The van der Waals surface area contributed by atoms with Crippen molar-refractivity contribution in [1.29, 1.82) is 0 Å². The fraction of sp³-hybridized carbons (Fsp3) is 0.882. The molecule has 0 aliphatic carbocycles. The molecule has 0 aromatic carbocycles. The van der Waals surface area contributed by atoms with E-state index in [0.29, 0.717) is 0 Å². The van der Waals surface area contributed by atoms with Crippen LogP contribution in [0.15, 0.2) is 0 Å². The molecule has 0 saturated heterocycles. The topological polar surface area (TPSA) is 119 Å². The van der Waals surface area contributed by atoms with Crippen molar-refractivity contribution in [2.45, 2.75) is 83.9 Å². The Morgan fingerprint density at radius 3 is 1.79 bits per heavy atom. The van der Waals surface area contributed by atoms with Crippen LogP contribution in [0.3, 0.4) is 0 Å². The van der Waals surface area contributed by atoms with Gasteiger partial charge in [0.05, 0.1) is 11.5 Å². The lowest BCUT2D eigenvalue weighted by Gasteiger charge is -2.26. The SMILES string of the molecule is CC(C)(C)OC(=O)N[C@@H](CCS(=O)(=O)CCC(O)C(F)(F)F)C(=O)OC(C)(C)C. The van der Waals surface area contributed by atoms with Crippen LogP contribution >= 0.6 is 0 Å². The Kier molecular flexibility index (Phi) is 9.43. The fourth-order valence-electron chi connectivity index (χ4n) is 1.93. The summed E-state index contributed by atoms with van der Waals surface area (Å²) in [5.41, 5.74) is -1.79. The Bertz CT molecular complexity index is 664. The molecule has 0 saturated carbocycles. The van der Waals surface area contributed by atoms with E-state index >= 15 is 0 Å². The van der Waals surface area contributed by atoms with Crippen LogP contribution in [0, 0.1) is 0 Å². The maximum atomic E-state index is 12.3. The minimum absolute atomic E-state index is 0.432. The van der Waals surface area contributed by atoms with Crippen molar-refractivity contribution in [3.8, 4) is 0 Å². The number of amides is 1. The Morgan fingerprint density at radius 2 is 1.38 bits per heavy atom. The summed E-state index contributed by atoms with van der Waals surface area (Å²) in [6.07, 6.45) is -10.1. The largest absolute Gasteiger partial charge is 0.458 e. The molecule has 0 radical (unpaired) electrons. The monoisotopic (exact) mass is 449 g/mol. The van der Waals surface area contributed by atoms with Gasteiger partial charge in [-0.2, -0.15) is 13.2 Å². The second kappa shape index (κ2) is 9.96. The lowest BCUT2D eigenvalue weighted by Crippen LogP contribution is -2.46. The molecule has 0 aromatic rings. The van der Waals surface area contributed by atoms with Gasteiger partial charge in [-0.15, -0.1) is 0 Å². The van der Waals surface area contributed by atoms with Gasteiger partial charge < -0.3 is 19.9 Å². The molecule has 0 aliphatic rings. The first-order valence-corrected chi connectivity index (χ1v) is 10.7. The minimum Gasteiger partial charge on any atom is -0.458 e. The van der Waals surface area contributed by atoms with E-state index in [9.17, 15) is 31.2 Å². The molecule has 0 bridgehead atoms. The summed E-state index contributed by atoms with van der Waals surface area (Å²) in [5, 5.41) is 11.2. The summed E-state index contributed by atoms with van der Waals surface area (Å²) < 4.78 is 71.1. The number of carbonyl (C=O) groups excluding carboxylic acids is 2. The molecular formula is C17H30F3NO7S. The highest BCUT2D eigenvalue weighted by Gasteiger charge is 2.38. The van der Waals surface area contributed by atoms with Gasteiger partial charge in [-0.05, 0) is 54.4 Å². The quantitative estimate of drug-likeness (QED) is 0.546. The Morgan fingerprint density at radius 1 is 0.931 bits per heavy atom. The summed E-state index contributed by atoms with van der Waals surface area (Å²) in [6.45, 7) is 9.49. The number of alkyl halides is 3. The second-order valence-corrected chi connectivity index (χ2v) is 10.8.